The van der Waals surface area contributed by atoms with Crippen molar-refractivity contribution in [1.29, 1.82) is 0 Å². The van der Waals surface area contributed by atoms with Gasteiger partial charge >= 0.3 is 0 Å². The maximum absolute atomic E-state index is 6.75. The predicted octanol–water partition coefficient (Wildman–Crippen LogP) is 13.7. The molecule has 4 nitrogen and oxygen atoms in total. The van der Waals surface area contributed by atoms with Gasteiger partial charge in [0.25, 0.3) is 0 Å². The Bertz CT molecular complexity index is 3360. The lowest BCUT2D eigenvalue weighted by atomic mass is 9.93. The molecule has 0 fully saturated rings. The second-order valence-electron chi connectivity index (χ2n) is 15.6. The molecule has 2 N–H and O–H groups in total. The molecule has 1 aliphatic rings. The summed E-state index contributed by atoms with van der Waals surface area (Å²) >= 11 is 0. The number of amidine groups is 1. The molecule has 11 rings (SSSR count). The number of benzene rings is 8. The quantitative estimate of drug-likeness (QED) is 0.121. The van der Waals surface area contributed by atoms with E-state index >= 15 is 0 Å². The summed E-state index contributed by atoms with van der Waals surface area (Å²) in [7, 11) is 0. The van der Waals surface area contributed by atoms with Crippen molar-refractivity contribution in [2.24, 2.45) is 10.7 Å². The molecule has 0 bridgehead atoms. The molecule has 0 amide bonds. The summed E-state index contributed by atoms with van der Waals surface area (Å²) < 4.78 is 4.96. The topological polar surface area (TPSA) is 48.2 Å². The summed E-state index contributed by atoms with van der Waals surface area (Å²) in [4.78, 5) is 5.14. The van der Waals surface area contributed by atoms with Crippen molar-refractivity contribution < 1.29 is 0 Å². The molecule has 0 spiro atoms. The molecule has 290 valence electrons. The minimum Gasteiger partial charge on any atom is -0.383 e. The number of aromatic nitrogens is 2. The van der Waals surface area contributed by atoms with Crippen LogP contribution in [0.5, 0.6) is 0 Å². The predicted molar refractivity (Wildman–Crippen MR) is 258 cm³/mol. The lowest BCUT2D eigenvalue weighted by molar-refractivity contribution is 0.983. The monoisotopic (exact) mass is 782 g/mol. The fourth-order valence-electron chi connectivity index (χ4n) is 9.25. The molecular formula is C57H42N4. The van der Waals surface area contributed by atoms with Gasteiger partial charge in [-0.15, -0.1) is 0 Å². The number of nitrogens with two attached hydrogens (primary N) is 1. The molecular weight excluding hydrogens is 741 g/mol. The largest absolute Gasteiger partial charge is 0.383 e. The lowest BCUT2D eigenvalue weighted by Crippen LogP contribution is -2.13. The number of hydrogen-bond acceptors (Lipinski definition) is 1. The summed E-state index contributed by atoms with van der Waals surface area (Å²) in [6.07, 6.45) is 12.6. The van der Waals surface area contributed by atoms with Crippen LogP contribution in [0.2, 0.25) is 0 Å². The van der Waals surface area contributed by atoms with E-state index < -0.39 is 0 Å². The Labute approximate surface area is 355 Å². The van der Waals surface area contributed by atoms with Gasteiger partial charge in [0, 0.05) is 45.0 Å². The van der Waals surface area contributed by atoms with Crippen LogP contribution in [-0.4, -0.2) is 15.0 Å². The molecule has 2 heterocycles. The fraction of sp³-hybridized carbons (Fsp3) is 0.0351. The van der Waals surface area contributed by atoms with Crippen molar-refractivity contribution in [2.75, 3.05) is 0 Å². The SMILES string of the molecule is NC(=N/C(=C\Cc1ccccc1)c1ccc(-c2ccc(-n3c4c(c5ccccc53)C=CC=CC4)c(-n3c4ccccc4c4ccccc43)c2)c2ccccc12)c1ccccc1. The first-order chi connectivity index (χ1) is 30.2. The van der Waals surface area contributed by atoms with E-state index in [0.717, 1.165) is 62.9 Å². The van der Waals surface area contributed by atoms with Crippen LogP contribution in [0, 0.1) is 0 Å². The van der Waals surface area contributed by atoms with Crippen molar-refractivity contribution >= 4 is 61.1 Å². The fourth-order valence-corrected chi connectivity index (χ4v) is 9.25. The number of para-hydroxylation sites is 3. The Morgan fingerprint density at radius 1 is 0.541 bits per heavy atom. The first-order valence-corrected chi connectivity index (χ1v) is 21.0. The average Bonchev–Trinajstić information content (AvgIpc) is 3.70. The van der Waals surface area contributed by atoms with E-state index in [9.17, 15) is 0 Å². The molecule has 0 saturated carbocycles. The number of nitrogens with zero attached hydrogens (tertiary/aromatic N) is 3. The van der Waals surface area contributed by atoms with Crippen molar-refractivity contribution in [1.82, 2.24) is 9.13 Å². The highest BCUT2D eigenvalue weighted by molar-refractivity contribution is 6.10. The molecule has 10 aromatic rings. The maximum atomic E-state index is 6.75. The van der Waals surface area contributed by atoms with Gasteiger partial charge in [-0.3, -0.25) is 0 Å². The van der Waals surface area contributed by atoms with E-state index in [1.807, 2.05) is 30.3 Å². The molecule has 0 saturated heterocycles. The maximum Gasteiger partial charge on any atom is 0.131 e. The minimum absolute atomic E-state index is 0.487. The molecule has 0 atom stereocenters. The first kappa shape index (κ1) is 36.2. The van der Waals surface area contributed by atoms with E-state index in [1.165, 1.54) is 49.5 Å². The third-order valence-electron chi connectivity index (χ3n) is 12.1. The molecule has 4 heteroatoms. The molecule has 61 heavy (non-hydrogen) atoms. The number of allylic oxidation sites excluding steroid dienone is 4. The normalized spacial score (nSPS) is 13.0. The molecule has 0 unspecified atom stereocenters. The molecule has 0 aliphatic heterocycles. The van der Waals surface area contributed by atoms with E-state index in [4.69, 9.17) is 10.7 Å². The van der Waals surface area contributed by atoms with Crippen LogP contribution in [0.4, 0.5) is 0 Å². The van der Waals surface area contributed by atoms with E-state index in [2.05, 4.69) is 197 Å². The Morgan fingerprint density at radius 3 is 1.87 bits per heavy atom. The van der Waals surface area contributed by atoms with Crippen molar-refractivity contribution in [3.05, 3.63) is 240 Å². The molecule has 2 aromatic heterocycles. The van der Waals surface area contributed by atoms with Crippen molar-refractivity contribution in [3.63, 3.8) is 0 Å². The van der Waals surface area contributed by atoms with Crippen molar-refractivity contribution in [3.8, 4) is 22.5 Å². The van der Waals surface area contributed by atoms with Gasteiger partial charge in [-0.25, -0.2) is 4.99 Å². The Hall–Kier alpha value is -7.95. The smallest absolute Gasteiger partial charge is 0.131 e. The number of fused-ring (bicyclic) bond motifs is 7. The summed E-state index contributed by atoms with van der Waals surface area (Å²) in [5.74, 6) is 0.487. The second-order valence-corrected chi connectivity index (χ2v) is 15.6. The minimum atomic E-state index is 0.487. The van der Waals surface area contributed by atoms with Crippen LogP contribution in [0.25, 0.3) is 77.8 Å². The van der Waals surface area contributed by atoms with E-state index in [0.29, 0.717) is 5.84 Å². The third kappa shape index (κ3) is 6.37. The molecule has 1 aliphatic carbocycles. The van der Waals surface area contributed by atoms with Crippen LogP contribution < -0.4 is 5.73 Å². The number of rotatable bonds is 8. The van der Waals surface area contributed by atoms with Gasteiger partial charge in [0.2, 0.25) is 0 Å². The molecule has 0 radical (unpaired) electrons. The van der Waals surface area contributed by atoms with Gasteiger partial charge in [-0.2, -0.15) is 0 Å². The van der Waals surface area contributed by atoms with Gasteiger partial charge < -0.3 is 14.9 Å². The van der Waals surface area contributed by atoms with Gasteiger partial charge in [-0.1, -0.05) is 188 Å². The zero-order valence-corrected chi connectivity index (χ0v) is 33.6. The standard InChI is InChI=1S/C57H42N4/c58-57(40-20-6-2-7-21-40)59-50(36-32-39-18-4-1-5-19-39)45-35-34-42(43-22-10-11-23-44(43)45)41-33-37-55(60-51-28-9-3-8-24-46(51)47-25-12-15-29-52(47)60)56(38-41)61-53-30-16-13-26-48(53)49-27-14-17-31-54(49)61/h1-27,29-31,33-38H,28,32H2,(H2,58,59)/b50-36-. The number of hydrogen-bond donors (Lipinski definition) is 1. The van der Waals surface area contributed by atoms with Crippen LogP contribution in [0.3, 0.4) is 0 Å². The highest BCUT2D eigenvalue weighted by Crippen LogP contribution is 2.41. The van der Waals surface area contributed by atoms with Crippen LogP contribution in [0.1, 0.15) is 27.9 Å². The zero-order valence-electron chi connectivity index (χ0n) is 33.6. The van der Waals surface area contributed by atoms with Gasteiger partial charge in [0.1, 0.15) is 5.84 Å². The lowest BCUT2D eigenvalue weighted by Gasteiger charge is -2.20. The highest BCUT2D eigenvalue weighted by Gasteiger charge is 2.23. The van der Waals surface area contributed by atoms with Gasteiger partial charge in [-0.05, 0) is 64.2 Å². The van der Waals surface area contributed by atoms with Crippen molar-refractivity contribution in [2.45, 2.75) is 12.8 Å². The highest BCUT2D eigenvalue weighted by atomic mass is 15.1. The average molecular weight is 783 g/mol. The first-order valence-electron chi connectivity index (χ1n) is 21.0. The summed E-state index contributed by atoms with van der Waals surface area (Å²) in [6.45, 7) is 0. The Morgan fingerprint density at radius 2 is 1.15 bits per heavy atom. The van der Waals surface area contributed by atoms with Crippen LogP contribution in [-0.2, 0) is 12.8 Å². The summed E-state index contributed by atoms with van der Waals surface area (Å²) in [5.41, 5.74) is 21.4. The Kier molecular flexibility index (Phi) is 9.09. The van der Waals surface area contributed by atoms with Gasteiger partial charge in [0.05, 0.1) is 33.6 Å². The summed E-state index contributed by atoms with van der Waals surface area (Å²) in [6, 6.07) is 67.1. The summed E-state index contributed by atoms with van der Waals surface area (Å²) in [5, 5.41) is 5.98. The third-order valence-corrected chi connectivity index (χ3v) is 12.1. The van der Waals surface area contributed by atoms with Crippen LogP contribution >= 0.6 is 0 Å². The van der Waals surface area contributed by atoms with Crippen LogP contribution in [0.15, 0.2) is 217 Å². The van der Waals surface area contributed by atoms with Gasteiger partial charge in [0.15, 0.2) is 0 Å². The zero-order chi connectivity index (χ0) is 40.7. The molecule has 8 aromatic carbocycles. The number of aliphatic imine (C=N–C) groups is 1. The van der Waals surface area contributed by atoms with E-state index in [1.54, 1.807) is 0 Å². The Balaban J connectivity index is 1.15. The second kappa shape index (κ2) is 15.3. The van der Waals surface area contributed by atoms with E-state index in [-0.39, 0.29) is 0 Å².